The van der Waals surface area contributed by atoms with E-state index in [4.69, 9.17) is 9.84 Å². The molecule has 3 aromatic heterocycles. The second-order valence-corrected chi connectivity index (χ2v) is 4.02. The number of hydrogen-bond acceptors (Lipinski definition) is 6. The zero-order valence-corrected chi connectivity index (χ0v) is 10.6. The number of ether oxygens (including phenoxy) is 1. The quantitative estimate of drug-likeness (QED) is 0.726. The van der Waals surface area contributed by atoms with E-state index in [9.17, 15) is 0 Å². The maximum absolute atomic E-state index is 8.72. The first-order chi connectivity index (χ1) is 9.85. The topological polar surface area (TPSA) is 84.6 Å². The Labute approximate surface area is 114 Å². The van der Waals surface area contributed by atoms with Gasteiger partial charge in [0.05, 0.1) is 6.61 Å². The van der Waals surface area contributed by atoms with Crippen LogP contribution in [0.15, 0.2) is 42.7 Å². The molecule has 0 radical (unpaired) electrons. The Balaban J connectivity index is 1.79. The smallest absolute Gasteiger partial charge is 0.247 e. The largest absolute Gasteiger partial charge is 0.475 e. The first-order valence-electron chi connectivity index (χ1n) is 6.13. The Morgan fingerprint density at radius 2 is 2.25 bits per heavy atom. The van der Waals surface area contributed by atoms with E-state index in [0.717, 1.165) is 11.3 Å². The highest BCUT2D eigenvalue weighted by atomic mass is 16.5. The van der Waals surface area contributed by atoms with Crippen molar-refractivity contribution in [1.82, 2.24) is 19.6 Å². The Hall–Kier alpha value is -2.67. The van der Waals surface area contributed by atoms with Gasteiger partial charge in [-0.15, -0.1) is 5.10 Å². The Morgan fingerprint density at radius 1 is 1.30 bits per heavy atom. The molecule has 3 rings (SSSR count). The van der Waals surface area contributed by atoms with Gasteiger partial charge in [0, 0.05) is 24.1 Å². The second-order valence-electron chi connectivity index (χ2n) is 4.02. The molecule has 0 amide bonds. The molecule has 0 atom stereocenters. The molecule has 20 heavy (non-hydrogen) atoms. The number of hydrogen-bond donors (Lipinski definition) is 2. The first-order valence-corrected chi connectivity index (χ1v) is 6.13. The molecule has 0 saturated carbocycles. The van der Waals surface area contributed by atoms with Crippen LogP contribution in [0, 0.1) is 0 Å². The van der Waals surface area contributed by atoms with Gasteiger partial charge >= 0.3 is 0 Å². The summed E-state index contributed by atoms with van der Waals surface area (Å²) < 4.78 is 6.93. The lowest BCUT2D eigenvalue weighted by Gasteiger charge is -2.05. The van der Waals surface area contributed by atoms with E-state index in [1.54, 1.807) is 22.8 Å². The van der Waals surface area contributed by atoms with Gasteiger partial charge in [-0.2, -0.15) is 4.98 Å². The van der Waals surface area contributed by atoms with Crippen molar-refractivity contribution >= 4 is 17.3 Å². The zero-order chi connectivity index (χ0) is 13.8. The molecule has 7 nitrogen and oxygen atoms in total. The number of anilines is 2. The Bertz CT molecular complexity index is 680. The first kappa shape index (κ1) is 12.4. The van der Waals surface area contributed by atoms with Gasteiger partial charge in [-0.3, -0.25) is 0 Å². The van der Waals surface area contributed by atoms with Crippen LogP contribution in [0.4, 0.5) is 11.6 Å². The summed E-state index contributed by atoms with van der Waals surface area (Å²) in [6.45, 7) is 0.163. The third-order valence-corrected chi connectivity index (χ3v) is 2.57. The maximum Gasteiger partial charge on any atom is 0.247 e. The molecule has 0 spiro atoms. The number of rotatable bonds is 5. The van der Waals surface area contributed by atoms with Crippen molar-refractivity contribution in [2.45, 2.75) is 0 Å². The average Bonchev–Trinajstić information content (AvgIpc) is 2.87. The highest BCUT2D eigenvalue weighted by molar-refractivity contribution is 5.56. The van der Waals surface area contributed by atoms with E-state index in [-0.39, 0.29) is 13.2 Å². The highest BCUT2D eigenvalue weighted by Gasteiger charge is 2.04. The SMILES string of the molecule is OCCOc1cc(Nc2nc3ccccn3n2)ccn1. The van der Waals surface area contributed by atoms with Crippen LogP contribution in [0.2, 0.25) is 0 Å². The molecule has 0 saturated heterocycles. The summed E-state index contributed by atoms with van der Waals surface area (Å²) in [4.78, 5) is 8.38. The number of pyridine rings is 2. The van der Waals surface area contributed by atoms with Crippen molar-refractivity contribution in [2.24, 2.45) is 0 Å². The average molecular weight is 271 g/mol. The number of aliphatic hydroxyl groups excluding tert-OH is 1. The fourth-order valence-corrected chi connectivity index (χ4v) is 1.73. The lowest BCUT2D eigenvalue weighted by atomic mass is 10.4. The zero-order valence-electron chi connectivity index (χ0n) is 10.6. The molecule has 0 fully saturated rings. The third-order valence-electron chi connectivity index (χ3n) is 2.57. The molecule has 0 aliphatic carbocycles. The minimum atomic E-state index is -0.0483. The summed E-state index contributed by atoms with van der Waals surface area (Å²) in [6, 6.07) is 9.18. The predicted molar refractivity (Wildman–Crippen MR) is 73.1 cm³/mol. The minimum absolute atomic E-state index is 0.0483. The summed E-state index contributed by atoms with van der Waals surface area (Å²) in [5, 5.41) is 16.1. The van der Waals surface area contributed by atoms with Gasteiger partial charge in [-0.25, -0.2) is 9.50 Å². The van der Waals surface area contributed by atoms with Crippen molar-refractivity contribution in [3.05, 3.63) is 42.7 Å². The summed E-state index contributed by atoms with van der Waals surface area (Å²) in [5.74, 6) is 0.934. The molecular weight excluding hydrogens is 258 g/mol. The highest BCUT2D eigenvalue weighted by Crippen LogP contribution is 2.17. The number of aliphatic hydroxyl groups is 1. The normalized spacial score (nSPS) is 10.7. The fourth-order valence-electron chi connectivity index (χ4n) is 1.73. The molecule has 0 unspecified atom stereocenters. The summed E-state index contributed by atoms with van der Waals surface area (Å²) in [5.41, 5.74) is 1.53. The van der Waals surface area contributed by atoms with E-state index in [1.165, 1.54) is 0 Å². The molecule has 3 aromatic rings. The van der Waals surface area contributed by atoms with Crippen LogP contribution in [0.5, 0.6) is 5.88 Å². The molecule has 0 bridgehead atoms. The van der Waals surface area contributed by atoms with Crippen molar-refractivity contribution in [3.8, 4) is 5.88 Å². The summed E-state index contributed by atoms with van der Waals surface area (Å²) >= 11 is 0. The molecule has 3 heterocycles. The number of aromatic nitrogens is 4. The molecule has 2 N–H and O–H groups in total. The van der Waals surface area contributed by atoms with Crippen molar-refractivity contribution in [3.63, 3.8) is 0 Å². The van der Waals surface area contributed by atoms with E-state index in [1.807, 2.05) is 24.4 Å². The van der Waals surface area contributed by atoms with Gasteiger partial charge in [0.15, 0.2) is 5.65 Å². The molecular formula is C13H13N5O2. The van der Waals surface area contributed by atoms with Gasteiger partial charge in [0.2, 0.25) is 11.8 Å². The van der Waals surface area contributed by atoms with Gasteiger partial charge in [-0.05, 0) is 18.2 Å². The maximum atomic E-state index is 8.72. The number of nitrogens with zero attached hydrogens (tertiary/aromatic N) is 4. The van der Waals surface area contributed by atoms with Gasteiger partial charge in [-0.1, -0.05) is 6.07 Å². The van der Waals surface area contributed by atoms with E-state index < -0.39 is 0 Å². The minimum Gasteiger partial charge on any atom is -0.475 e. The molecule has 7 heteroatoms. The van der Waals surface area contributed by atoms with Crippen molar-refractivity contribution in [1.29, 1.82) is 0 Å². The van der Waals surface area contributed by atoms with E-state index >= 15 is 0 Å². The predicted octanol–water partition coefficient (Wildman–Crippen LogP) is 1.24. The van der Waals surface area contributed by atoms with E-state index in [0.29, 0.717) is 11.8 Å². The van der Waals surface area contributed by atoms with Crippen molar-refractivity contribution < 1.29 is 9.84 Å². The lowest BCUT2D eigenvalue weighted by Crippen LogP contribution is -2.03. The van der Waals surface area contributed by atoms with Crippen LogP contribution in [0.3, 0.4) is 0 Å². The van der Waals surface area contributed by atoms with Crippen LogP contribution >= 0.6 is 0 Å². The fraction of sp³-hybridized carbons (Fsp3) is 0.154. The monoisotopic (exact) mass is 271 g/mol. The molecule has 0 aliphatic heterocycles. The number of nitrogens with one attached hydrogen (secondary N) is 1. The Kier molecular flexibility index (Phi) is 3.42. The van der Waals surface area contributed by atoms with Crippen LogP contribution in [-0.4, -0.2) is 37.9 Å². The van der Waals surface area contributed by atoms with Crippen molar-refractivity contribution in [2.75, 3.05) is 18.5 Å². The number of fused-ring (bicyclic) bond motifs is 1. The van der Waals surface area contributed by atoms with Crippen LogP contribution < -0.4 is 10.1 Å². The molecule has 0 aliphatic rings. The third kappa shape index (κ3) is 2.67. The van der Waals surface area contributed by atoms with Gasteiger partial charge in [0.1, 0.15) is 6.61 Å². The summed E-state index contributed by atoms with van der Waals surface area (Å²) in [6.07, 6.45) is 3.45. The summed E-state index contributed by atoms with van der Waals surface area (Å²) in [7, 11) is 0. The van der Waals surface area contributed by atoms with Crippen LogP contribution in [0.1, 0.15) is 0 Å². The lowest BCUT2D eigenvalue weighted by molar-refractivity contribution is 0.197. The van der Waals surface area contributed by atoms with E-state index in [2.05, 4.69) is 20.4 Å². The Morgan fingerprint density at radius 3 is 3.10 bits per heavy atom. The second kappa shape index (κ2) is 5.54. The standard InChI is InChI=1S/C13H13N5O2/c19-7-8-20-12-9-10(4-5-14-12)15-13-16-11-3-1-2-6-18(11)17-13/h1-6,9,19H,7-8H2,(H,14,15,17). The van der Waals surface area contributed by atoms with Crippen LogP contribution in [0.25, 0.3) is 5.65 Å². The van der Waals surface area contributed by atoms with Crippen LogP contribution in [-0.2, 0) is 0 Å². The van der Waals surface area contributed by atoms with Gasteiger partial charge in [0.25, 0.3) is 0 Å². The molecule has 102 valence electrons. The van der Waals surface area contributed by atoms with Gasteiger partial charge < -0.3 is 15.2 Å². The molecule has 0 aromatic carbocycles.